The zero-order valence-electron chi connectivity index (χ0n) is 17.3. The van der Waals surface area contributed by atoms with Crippen LogP contribution in [0.4, 0.5) is 5.95 Å². The number of ketones is 1. The lowest BCUT2D eigenvalue weighted by Crippen LogP contribution is -2.36. The van der Waals surface area contributed by atoms with Crippen molar-refractivity contribution in [2.45, 2.75) is 50.6 Å². The Morgan fingerprint density at radius 3 is 2.83 bits per heavy atom. The fourth-order valence-electron chi connectivity index (χ4n) is 4.27. The predicted molar refractivity (Wildman–Crippen MR) is 122 cm³/mol. The molecule has 7 heteroatoms. The number of hydrogen-bond donors (Lipinski definition) is 1. The Balaban J connectivity index is 1.51. The number of thioether (sulfide) groups is 1. The minimum Gasteiger partial charge on any atom is -0.328 e. The molecule has 0 radical (unpaired) electrons. The number of thiophene rings is 1. The Bertz CT molecular complexity index is 1140. The van der Waals surface area contributed by atoms with Crippen molar-refractivity contribution >= 4 is 34.8 Å². The molecule has 1 aromatic carbocycles. The summed E-state index contributed by atoms with van der Waals surface area (Å²) in [5, 5.41) is 11.1. The zero-order chi connectivity index (χ0) is 20.9. The van der Waals surface area contributed by atoms with Crippen molar-refractivity contribution in [1.29, 1.82) is 0 Å². The third-order valence-corrected chi connectivity index (χ3v) is 7.55. The number of allylic oxidation sites excluding steroid dienone is 2. The molecule has 0 saturated heterocycles. The van der Waals surface area contributed by atoms with Crippen LogP contribution in [0, 0.1) is 12.3 Å². The Hall–Kier alpha value is -2.38. The number of hydrogen-bond acceptors (Lipinski definition) is 6. The van der Waals surface area contributed by atoms with Crippen LogP contribution in [0.1, 0.15) is 48.7 Å². The van der Waals surface area contributed by atoms with Gasteiger partial charge in [-0.1, -0.05) is 55.9 Å². The van der Waals surface area contributed by atoms with E-state index in [0.29, 0.717) is 6.42 Å². The number of nitrogens with one attached hydrogen (secondary N) is 1. The first-order chi connectivity index (χ1) is 14.4. The summed E-state index contributed by atoms with van der Waals surface area (Å²) in [4.78, 5) is 19.1. The monoisotopic (exact) mass is 436 g/mol. The summed E-state index contributed by atoms with van der Waals surface area (Å²) in [7, 11) is 0. The van der Waals surface area contributed by atoms with E-state index in [-0.39, 0.29) is 17.2 Å². The first-order valence-electron chi connectivity index (χ1n) is 10.1. The molecule has 1 atom stereocenters. The molecule has 5 rings (SSSR count). The number of Topliss-reactive ketones (excluding diaryl/α,β-unsaturated/α-hetero) is 1. The normalized spacial score (nSPS) is 20.0. The summed E-state index contributed by atoms with van der Waals surface area (Å²) in [6, 6.07) is 12.3. The number of aryl methyl sites for hydroxylation is 1. The molecule has 1 aliphatic heterocycles. The Morgan fingerprint density at radius 1 is 1.23 bits per heavy atom. The van der Waals surface area contributed by atoms with Crippen LogP contribution in [0.3, 0.4) is 0 Å². The molecule has 5 nitrogen and oxygen atoms in total. The van der Waals surface area contributed by atoms with Gasteiger partial charge in [-0.25, -0.2) is 4.68 Å². The van der Waals surface area contributed by atoms with Crippen LogP contribution in [0.25, 0.3) is 0 Å². The smallest absolute Gasteiger partial charge is 0.227 e. The fraction of sp³-hybridized carbons (Fsp3) is 0.348. The summed E-state index contributed by atoms with van der Waals surface area (Å²) in [5.74, 6) is 1.76. The lowest BCUT2D eigenvalue weighted by atomic mass is 9.73. The second-order valence-electron chi connectivity index (χ2n) is 8.75. The van der Waals surface area contributed by atoms with Crippen LogP contribution in [0.15, 0.2) is 58.2 Å². The Morgan fingerprint density at radius 2 is 2.07 bits per heavy atom. The van der Waals surface area contributed by atoms with Crippen molar-refractivity contribution in [2.24, 2.45) is 5.41 Å². The average molecular weight is 437 g/mol. The van der Waals surface area contributed by atoms with Crippen molar-refractivity contribution in [1.82, 2.24) is 14.8 Å². The van der Waals surface area contributed by atoms with Crippen molar-refractivity contribution in [3.8, 4) is 0 Å². The molecule has 1 aliphatic carbocycles. The largest absolute Gasteiger partial charge is 0.328 e. The van der Waals surface area contributed by atoms with Gasteiger partial charge in [0.15, 0.2) is 5.78 Å². The zero-order valence-corrected chi connectivity index (χ0v) is 18.9. The van der Waals surface area contributed by atoms with Gasteiger partial charge in [0, 0.05) is 28.3 Å². The first-order valence-corrected chi connectivity index (χ1v) is 12.0. The second-order valence-corrected chi connectivity index (χ2v) is 10.7. The number of rotatable bonds is 4. The standard InChI is InChI=1S/C23H24N4OS2/c1-14-7-4-5-8-15(14)13-30-22-25-21-24-16-11-23(2,3)12-17(28)19(16)20(27(21)26-22)18-9-6-10-29-18/h4-10,20H,11-13H2,1-3H3,(H,24,25,26). The van der Waals surface area contributed by atoms with Gasteiger partial charge in [0.2, 0.25) is 11.1 Å². The molecule has 2 aromatic heterocycles. The van der Waals surface area contributed by atoms with Crippen LogP contribution < -0.4 is 5.32 Å². The Labute approximate surface area is 184 Å². The molecule has 3 aromatic rings. The number of nitrogens with zero attached hydrogens (tertiary/aromatic N) is 3. The summed E-state index contributed by atoms with van der Waals surface area (Å²) in [5.41, 5.74) is 4.36. The molecule has 1 unspecified atom stereocenters. The van der Waals surface area contributed by atoms with Crippen LogP contribution in [-0.2, 0) is 10.5 Å². The van der Waals surface area contributed by atoms with E-state index >= 15 is 0 Å². The van der Waals surface area contributed by atoms with E-state index in [0.717, 1.165) is 39.4 Å². The van der Waals surface area contributed by atoms with E-state index < -0.39 is 0 Å². The van der Waals surface area contributed by atoms with Gasteiger partial charge in [-0.15, -0.1) is 16.4 Å². The van der Waals surface area contributed by atoms with Gasteiger partial charge in [-0.2, -0.15) is 4.98 Å². The summed E-state index contributed by atoms with van der Waals surface area (Å²) in [6.07, 6.45) is 1.41. The maximum absolute atomic E-state index is 13.2. The van der Waals surface area contributed by atoms with Crippen molar-refractivity contribution in [3.63, 3.8) is 0 Å². The van der Waals surface area contributed by atoms with Gasteiger partial charge in [0.25, 0.3) is 0 Å². The fourth-order valence-corrected chi connectivity index (χ4v) is 6.00. The highest BCUT2D eigenvalue weighted by atomic mass is 32.2. The lowest BCUT2D eigenvalue weighted by molar-refractivity contribution is -0.118. The van der Waals surface area contributed by atoms with Gasteiger partial charge in [-0.05, 0) is 41.3 Å². The Kier molecular flexibility index (Phi) is 4.82. The van der Waals surface area contributed by atoms with Crippen LogP contribution in [0.2, 0.25) is 0 Å². The third kappa shape index (κ3) is 3.50. The number of carbonyl (C=O) groups excluding carboxylic acids is 1. The highest BCUT2D eigenvalue weighted by molar-refractivity contribution is 7.98. The highest BCUT2D eigenvalue weighted by Gasteiger charge is 2.42. The van der Waals surface area contributed by atoms with E-state index in [1.165, 1.54) is 11.1 Å². The van der Waals surface area contributed by atoms with Crippen LogP contribution in [-0.4, -0.2) is 20.5 Å². The van der Waals surface area contributed by atoms with Crippen molar-refractivity contribution in [3.05, 3.63) is 69.1 Å². The van der Waals surface area contributed by atoms with Crippen molar-refractivity contribution < 1.29 is 4.79 Å². The minimum absolute atomic E-state index is 0.0481. The SMILES string of the molecule is Cc1ccccc1CSc1nc2n(n1)C(c1cccs1)C1=C(CC(C)(C)CC1=O)N2. The quantitative estimate of drug-likeness (QED) is 0.540. The lowest BCUT2D eigenvalue weighted by Gasteiger charge is -2.37. The number of anilines is 1. The predicted octanol–water partition coefficient (Wildman–Crippen LogP) is 5.60. The van der Waals surface area contributed by atoms with Gasteiger partial charge >= 0.3 is 0 Å². The molecular formula is C23H24N4OS2. The van der Waals surface area contributed by atoms with E-state index in [9.17, 15) is 4.79 Å². The average Bonchev–Trinajstić information content (AvgIpc) is 3.34. The van der Waals surface area contributed by atoms with E-state index in [1.807, 2.05) is 10.7 Å². The molecule has 30 heavy (non-hydrogen) atoms. The molecular weight excluding hydrogens is 412 g/mol. The van der Waals surface area contributed by atoms with Gasteiger partial charge in [-0.3, -0.25) is 4.79 Å². The van der Waals surface area contributed by atoms with Crippen LogP contribution >= 0.6 is 23.1 Å². The van der Waals surface area contributed by atoms with Crippen LogP contribution in [0.5, 0.6) is 0 Å². The second kappa shape index (κ2) is 7.39. The third-order valence-electron chi connectivity index (χ3n) is 5.74. The van der Waals surface area contributed by atoms with Gasteiger partial charge in [0.05, 0.1) is 0 Å². The number of fused-ring (bicyclic) bond motifs is 1. The maximum atomic E-state index is 13.2. The molecule has 0 fully saturated rings. The molecule has 0 spiro atoms. The highest BCUT2D eigenvalue weighted by Crippen LogP contribution is 2.46. The minimum atomic E-state index is -0.194. The van der Waals surface area contributed by atoms with E-state index in [1.54, 1.807) is 23.1 Å². The summed E-state index contributed by atoms with van der Waals surface area (Å²) in [6.45, 7) is 6.43. The number of benzene rings is 1. The maximum Gasteiger partial charge on any atom is 0.227 e. The summed E-state index contributed by atoms with van der Waals surface area (Å²) >= 11 is 3.29. The van der Waals surface area contributed by atoms with Gasteiger partial charge < -0.3 is 5.32 Å². The molecule has 0 bridgehead atoms. The molecule has 1 N–H and O–H groups in total. The summed E-state index contributed by atoms with van der Waals surface area (Å²) < 4.78 is 1.90. The van der Waals surface area contributed by atoms with E-state index in [2.05, 4.69) is 61.8 Å². The topological polar surface area (TPSA) is 59.8 Å². The molecule has 2 aliphatic rings. The molecule has 3 heterocycles. The van der Waals surface area contributed by atoms with E-state index in [4.69, 9.17) is 10.1 Å². The van der Waals surface area contributed by atoms with Crippen molar-refractivity contribution in [2.75, 3.05) is 5.32 Å². The van der Waals surface area contributed by atoms with Gasteiger partial charge in [0.1, 0.15) is 6.04 Å². The number of carbonyl (C=O) groups is 1. The molecule has 0 saturated carbocycles. The molecule has 154 valence electrons. The first kappa shape index (κ1) is 19.6. The number of aromatic nitrogens is 3. The molecule has 0 amide bonds.